The number of hydrogen-bond acceptors (Lipinski definition) is 1. The van der Waals surface area contributed by atoms with E-state index in [0.29, 0.717) is 0 Å². The van der Waals surface area contributed by atoms with E-state index >= 15 is 0 Å². The molecule has 1 nitrogen and oxygen atoms in total. The fourth-order valence-corrected chi connectivity index (χ4v) is 2.71. The van der Waals surface area contributed by atoms with Gasteiger partial charge in [0.15, 0.2) is 0 Å². The van der Waals surface area contributed by atoms with E-state index in [2.05, 4.69) is 25.1 Å². The Morgan fingerprint density at radius 1 is 0.524 bits per heavy atom. The van der Waals surface area contributed by atoms with Crippen molar-refractivity contribution in [2.45, 2.75) is 117 Å². The smallest absolute Gasteiger partial charge is 0.0385 e. The van der Waals surface area contributed by atoms with Crippen LogP contribution >= 0.6 is 0 Å². The third-order valence-corrected chi connectivity index (χ3v) is 4.21. The van der Waals surface area contributed by atoms with Gasteiger partial charge in [0.1, 0.15) is 0 Å². The molecular weight excluding hydrogens is 254 g/mol. The zero-order chi connectivity index (χ0) is 15.4. The lowest BCUT2D eigenvalue weighted by atomic mass is 10.1. The fraction of sp³-hybridized carbons (Fsp3) is 0.950. The minimum Gasteiger partial charge on any atom is -0.298 e. The molecule has 0 rings (SSSR count). The molecule has 0 spiro atoms. The molecule has 0 radical (unpaired) electrons. The van der Waals surface area contributed by atoms with E-state index in [0.717, 1.165) is 6.54 Å². The van der Waals surface area contributed by atoms with Crippen LogP contribution in [0, 0.1) is 0 Å². The van der Waals surface area contributed by atoms with Crippen LogP contribution in [0.4, 0.5) is 0 Å². The van der Waals surface area contributed by atoms with Crippen molar-refractivity contribution in [2.75, 3.05) is 6.54 Å². The van der Waals surface area contributed by atoms with Crippen LogP contribution < -0.4 is 0 Å². The highest BCUT2D eigenvalue weighted by atomic mass is 14.7. The average Bonchev–Trinajstić information content (AvgIpc) is 2.50. The van der Waals surface area contributed by atoms with Gasteiger partial charge in [0.05, 0.1) is 0 Å². The van der Waals surface area contributed by atoms with Crippen LogP contribution in [0.3, 0.4) is 0 Å². The first kappa shape index (κ1) is 20.7. The predicted octanol–water partition coefficient (Wildman–Crippen LogP) is 7.34. The highest BCUT2D eigenvalue weighted by molar-refractivity contribution is 5.56. The molecule has 0 bridgehead atoms. The second-order valence-electron chi connectivity index (χ2n) is 6.47. The van der Waals surface area contributed by atoms with Gasteiger partial charge in [0, 0.05) is 6.54 Å². The Kier molecular flexibility index (Phi) is 19.4. The van der Waals surface area contributed by atoms with E-state index in [9.17, 15) is 0 Å². The van der Waals surface area contributed by atoms with Crippen molar-refractivity contribution in [1.82, 2.24) is 0 Å². The Morgan fingerprint density at radius 2 is 0.952 bits per heavy atom. The number of hydrogen-bond donors (Lipinski definition) is 0. The van der Waals surface area contributed by atoms with Crippen molar-refractivity contribution < 1.29 is 0 Å². The van der Waals surface area contributed by atoms with Crippen molar-refractivity contribution in [2.24, 2.45) is 4.99 Å². The highest BCUT2D eigenvalue weighted by Gasteiger charge is 1.92. The van der Waals surface area contributed by atoms with Gasteiger partial charge in [-0.3, -0.25) is 4.99 Å². The molecule has 0 saturated carbocycles. The Bertz CT molecular complexity index is 198. The molecule has 126 valence electrons. The van der Waals surface area contributed by atoms with Crippen LogP contribution in [0.2, 0.25) is 0 Å². The van der Waals surface area contributed by atoms with Gasteiger partial charge in [0.2, 0.25) is 0 Å². The monoisotopic (exact) mass is 295 g/mol. The molecule has 0 atom stereocenters. The van der Waals surface area contributed by atoms with Gasteiger partial charge < -0.3 is 0 Å². The molecule has 0 aliphatic rings. The Hall–Kier alpha value is -0.330. The van der Waals surface area contributed by atoms with Crippen LogP contribution in [-0.2, 0) is 0 Å². The normalized spacial score (nSPS) is 11.5. The van der Waals surface area contributed by atoms with E-state index in [1.54, 1.807) is 0 Å². The van der Waals surface area contributed by atoms with Crippen LogP contribution in [0.15, 0.2) is 4.99 Å². The minimum atomic E-state index is 1.06. The van der Waals surface area contributed by atoms with E-state index in [4.69, 9.17) is 0 Å². The first-order valence-electron chi connectivity index (χ1n) is 9.90. The predicted molar refractivity (Wildman–Crippen MR) is 98.6 cm³/mol. The number of nitrogens with zero attached hydrogens (tertiary/aromatic N) is 1. The summed E-state index contributed by atoms with van der Waals surface area (Å²) < 4.78 is 0. The van der Waals surface area contributed by atoms with Crippen LogP contribution in [0.25, 0.3) is 0 Å². The van der Waals surface area contributed by atoms with Crippen molar-refractivity contribution in [3.63, 3.8) is 0 Å². The summed E-state index contributed by atoms with van der Waals surface area (Å²) in [6.07, 6.45) is 24.3. The highest BCUT2D eigenvalue weighted by Crippen LogP contribution is 2.10. The minimum absolute atomic E-state index is 1.06. The molecule has 0 aromatic heterocycles. The van der Waals surface area contributed by atoms with E-state index in [1.807, 2.05) is 0 Å². The molecule has 0 aliphatic carbocycles. The third kappa shape index (κ3) is 19.7. The standard InChI is InChI=1S/C20H41N/c1-3-5-7-9-11-12-13-14-16-18-20-21-19-17-15-10-8-6-4-2/h19H,3-18,20H2,1-2H3. The number of aliphatic imine (C=N–C) groups is 1. The largest absolute Gasteiger partial charge is 0.298 e. The molecule has 0 unspecified atom stereocenters. The summed E-state index contributed by atoms with van der Waals surface area (Å²) in [5.74, 6) is 0. The van der Waals surface area contributed by atoms with E-state index in [-0.39, 0.29) is 0 Å². The van der Waals surface area contributed by atoms with Crippen molar-refractivity contribution in [3.05, 3.63) is 0 Å². The first-order chi connectivity index (χ1) is 10.4. The van der Waals surface area contributed by atoms with Gasteiger partial charge in [-0.1, -0.05) is 97.3 Å². The molecule has 1 heteroatoms. The maximum atomic E-state index is 4.53. The van der Waals surface area contributed by atoms with Crippen LogP contribution in [0.1, 0.15) is 117 Å². The topological polar surface area (TPSA) is 12.4 Å². The van der Waals surface area contributed by atoms with Gasteiger partial charge >= 0.3 is 0 Å². The van der Waals surface area contributed by atoms with E-state index < -0.39 is 0 Å². The first-order valence-corrected chi connectivity index (χ1v) is 9.90. The maximum absolute atomic E-state index is 4.53. The average molecular weight is 296 g/mol. The summed E-state index contributed by atoms with van der Waals surface area (Å²) in [4.78, 5) is 4.53. The SMILES string of the molecule is CCCCCCCC=NCCCCCCCCCCCC. The maximum Gasteiger partial charge on any atom is 0.0385 e. The zero-order valence-corrected chi connectivity index (χ0v) is 15.0. The molecule has 0 saturated heterocycles. The number of rotatable bonds is 17. The van der Waals surface area contributed by atoms with Crippen LogP contribution in [0.5, 0.6) is 0 Å². The van der Waals surface area contributed by atoms with Crippen molar-refractivity contribution in [1.29, 1.82) is 0 Å². The van der Waals surface area contributed by atoms with Gasteiger partial charge in [0.25, 0.3) is 0 Å². The lowest BCUT2D eigenvalue weighted by molar-refractivity contribution is 0.558. The van der Waals surface area contributed by atoms with Crippen molar-refractivity contribution in [3.8, 4) is 0 Å². The molecule has 0 aromatic rings. The summed E-state index contributed by atoms with van der Waals surface area (Å²) in [5.41, 5.74) is 0. The van der Waals surface area contributed by atoms with E-state index in [1.165, 1.54) is 103 Å². The summed E-state index contributed by atoms with van der Waals surface area (Å²) in [6, 6.07) is 0. The molecule has 0 amide bonds. The lowest BCUT2D eigenvalue weighted by Gasteiger charge is -2.01. The van der Waals surface area contributed by atoms with Gasteiger partial charge in [-0.2, -0.15) is 0 Å². The molecule has 0 aromatic carbocycles. The van der Waals surface area contributed by atoms with Gasteiger partial charge in [-0.15, -0.1) is 0 Å². The lowest BCUT2D eigenvalue weighted by Crippen LogP contribution is -1.86. The second-order valence-corrected chi connectivity index (χ2v) is 6.47. The molecule has 21 heavy (non-hydrogen) atoms. The fourth-order valence-electron chi connectivity index (χ4n) is 2.71. The Balaban J connectivity index is 3.01. The van der Waals surface area contributed by atoms with Gasteiger partial charge in [-0.05, 0) is 25.5 Å². The summed E-state index contributed by atoms with van der Waals surface area (Å²) >= 11 is 0. The second kappa shape index (κ2) is 19.7. The summed E-state index contributed by atoms with van der Waals surface area (Å²) in [5, 5.41) is 0. The summed E-state index contributed by atoms with van der Waals surface area (Å²) in [7, 11) is 0. The quantitative estimate of drug-likeness (QED) is 0.197. The van der Waals surface area contributed by atoms with Gasteiger partial charge in [-0.25, -0.2) is 0 Å². The molecule has 0 N–H and O–H groups in total. The van der Waals surface area contributed by atoms with Crippen molar-refractivity contribution >= 4 is 6.21 Å². The van der Waals surface area contributed by atoms with Crippen LogP contribution in [-0.4, -0.2) is 12.8 Å². The Labute approximate surface area is 135 Å². The summed E-state index contributed by atoms with van der Waals surface area (Å²) in [6.45, 7) is 5.62. The number of unbranched alkanes of at least 4 members (excludes halogenated alkanes) is 14. The molecule has 0 fully saturated rings. The zero-order valence-electron chi connectivity index (χ0n) is 15.0. The third-order valence-electron chi connectivity index (χ3n) is 4.21. The molecule has 0 aliphatic heterocycles. The molecule has 0 heterocycles. The molecular formula is C20H41N. The Morgan fingerprint density at radius 3 is 1.48 bits per heavy atom.